The van der Waals surface area contributed by atoms with Crippen LogP contribution in [-0.4, -0.2) is 11.9 Å². The predicted octanol–water partition coefficient (Wildman–Crippen LogP) is 2.76. The van der Waals surface area contributed by atoms with Crippen molar-refractivity contribution in [3.8, 4) is 0 Å². The minimum Gasteiger partial charge on any atom is -0.366 e. The van der Waals surface area contributed by atoms with E-state index in [4.69, 9.17) is 5.73 Å². The lowest BCUT2D eigenvalue weighted by Crippen LogP contribution is -2.25. The lowest BCUT2D eigenvalue weighted by Gasteiger charge is -2.14. The Bertz CT molecular complexity index is 401. The Kier molecular flexibility index (Phi) is 5.86. The molecule has 0 radical (unpaired) electrons. The molecule has 100 valence electrons. The van der Waals surface area contributed by atoms with E-state index in [1.54, 1.807) is 6.07 Å². The van der Waals surface area contributed by atoms with Gasteiger partial charge in [0.15, 0.2) is 0 Å². The van der Waals surface area contributed by atoms with Crippen LogP contribution in [0.3, 0.4) is 0 Å². The maximum atomic E-state index is 11.1. The number of nitrogens with two attached hydrogens (primary N) is 1. The maximum Gasteiger partial charge on any atom is 0.248 e. The van der Waals surface area contributed by atoms with E-state index < -0.39 is 0 Å². The monoisotopic (exact) mass is 248 g/mol. The van der Waals surface area contributed by atoms with Crippen molar-refractivity contribution in [1.29, 1.82) is 0 Å². The number of amides is 1. The molecule has 0 spiro atoms. The molecule has 0 aliphatic rings. The molecule has 1 rings (SSSR count). The Morgan fingerprint density at radius 2 is 2.17 bits per heavy atom. The molecule has 0 aliphatic heterocycles. The van der Waals surface area contributed by atoms with Crippen molar-refractivity contribution >= 4 is 5.91 Å². The first kappa shape index (κ1) is 14.7. The van der Waals surface area contributed by atoms with Gasteiger partial charge in [-0.05, 0) is 43.5 Å². The maximum absolute atomic E-state index is 11.1. The van der Waals surface area contributed by atoms with Crippen molar-refractivity contribution in [2.75, 3.05) is 0 Å². The van der Waals surface area contributed by atoms with Gasteiger partial charge in [-0.3, -0.25) is 4.79 Å². The number of unbranched alkanes of at least 4 members (excludes halogenated alkanes) is 1. The van der Waals surface area contributed by atoms with Crippen LogP contribution in [0.15, 0.2) is 18.2 Å². The van der Waals surface area contributed by atoms with Crippen molar-refractivity contribution in [2.24, 2.45) is 5.73 Å². The molecule has 3 N–H and O–H groups in total. The summed E-state index contributed by atoms with van der Waals surface area (Å²) in [5.41, 5.74) is 8.17. The van der Waals surface area contributed by atoms with E-state index >= 15 is 0 Å². The number of rotatable bonds is 7. The van der Waals surface area contributed by atoms with Gasteiger partial charge in [0.05, 0.1) is 0 Å². The SMILES string of the molecule is CCCCC(C)NCc1ccc(C(N)=O)cc1C. The number of aryl methyl sites for hydroxylation is 1. The number of benzene rings is 1. The second-order valence-electron chi connectivity index (χ2n) is 4.93. The highest BCUT2D eigenvalue weighted by molar-refractivity contribution is 5.93. The van der Waals surface area contributed by atoms with Crippen molar-refractivity contribution in [2.45, 2.75) is 52.6 Å². The molecule has 18 heavy (non-hydrogen) atoms. The molecule has 1 aromatic carbocycles. The molecule has 0 saturated heterocycles. The molecule has 1 unspecified atom stereocenters. The van der Waals surface area contributed by atoms with Gasteiger partial charge in [-0.15, -0.1) is 0 Å². The Morgan fingerprint density at radius 3 is 2.72 bits per heavy atom. The molecule has 1 atom stereocenters. The van der Waals surface area contributed by atoms with Gasteiger partial charge in [-0.1, -0.05) is 25.8 Å². The minimum atomic E-state index is -0.367. The van der Waals surface area contributed by atoms with Gasteiger partial charge in [0.1, 0.15) is 0 Å². The summed E-state index contributed by atoms with van der Waals surface area (Å²) < 4.78 is 0. The summed E-state index contributed by atoms with van der Waals surface area (Å²) in [7, 11) is 0. The molecule has 1 amide bonds. The Balaban J connectivity index is 2.55. The van der Waals surface area contributed by atoms with E-state index in [1.165, 1.54) is 24.8 Å². The van der Waals surface area contributed by atoms with E-state index in [2.05, 4.69) is 19.2 Å². The normalized spacial score (nSPS) is 12.4. The van der Waals surface area contributed by atoms with Crippen molar-refractivity contribution in [1.82, 2.24) is 5.32 Å². The molecule has 0 fully saturated rings. The van der Waals surface area contributed by atoms with E-state index in [0.717, 1.165) is 12.1 Å². The predicted molar refractivity (Wildman–Crippen MR) is 75.5 cm³/mol. The molecule has 1 aromatic rings. The molecular formula is C15H24N2O. The Morgan fingerprint density at radius 1 is 1.44 bits per heavy atom. The molecule has 0 saturated carbocycles. The summed E-state index contributed by atoms with van der Waals surface area (Å²) in [6.45, 7) is 7.28. The summed E-state index contributed by atoms with van der Waals surface area (Å²) in [5.74, 6) is -0.367. The minimum absolute atomic E-state index is 0.367. The second-order valence-corrected chi connectivity index (χ2v) is 4.93. The molecule has 3 heteroatoms. The third-order valence-electron chi connectivity index (χ3n) is 3.26. The molecular weight excluding hydrogens is 224 g/mol. The molecule has 0 aliphatic carbocycles. The zero-order valence-corrected chi connectivity index (χ0v) is 11.6. The van der Waals surface area contributed by atoms with Crippen LogP contribution in [0.5, 0.6) is 0 Å². The van der Waals surface area contributed by atoms with Gasteiger partial charge in [-0.2, -0.15) is 0 Å². The largest absolute Gasteiger partial charge is 0.366 e. The summed E-state index contributed by atoms with van der Waals surface area (Å²) in [6.07, 6.45) is 3.70. The molecule has 3 nitrogen and oxygen atoms in total. The first-order chi connectivity index (χ1) is 8.54. The van der Waals surface area contributed by atoms with Gasteiger partial charge in [0.25, 0.3) is 0 Å². The fourth-order valence-electron chi connectivity index (χ4n) is 1.94. The van der Waals surface area contributed by atoms with Crippen LogP contribution in [0.25, 0.3) is 0 Å². The lowest BCUT2D eigenvalue weighted by molar-refractivity contribution is 0.1000. The van der Waals surface area contributed by atoms with Crippen LogP contribution in [0.4, 0.5) is 0 Å². The highest BCUT2D eigenvalue weighted by Crippen LogP contribution is 2.11. The molecule has 0 aromatic heterocycles. The highest BCUT2D eigenvalue weighted by atomic mass is 16.1. The topological polar surface area (TPSA) is 55.1 Å². The second kappa shape index (κ2) is 7.17. The third kappa shape index (κ3) is 4.49. The van der Waals surface area contributed by atoms with Crippen molar-refractivity contribution in [3.05, 3.63) is 34.9 Å². The van der Waals surface area contributed by atoms with E-state index in [0.29, 0.717) is 11.6 Å². The van der Waals surface area contributed by atoms with E-state index in [1.807, 2.05) is 19.1 Å². The lowest BCUT2D eigenvalue weighted by atomic mass is 10.0. The number of carbonyl (C=O) groups excluding carboxylic acids is 1. The van der Waals surface area contributed by atoms with Crippen molar-refractivity contribution in [3.63, 3.8) is 0 Å². The number of carbonyl (C=O) groups is 1. The fraction of sp³-hybridized carbons (Fsp3) is 0.533. The zero-order valence-electron chi connectivity index (χ0n) is 11.6. The third-order valence-corrected chi connectivity index (χ3v) is 3.26. The first-order valence-corrected chi connectivity index (χ1v) is 6.67. The summed E-state index contributed by atoms with van der Waals surface area (Å²) in [6, 6.07) is 6.16. The number of primary amides is 1. The quantitative estimate of drug-likeness (QED) is 0.779. The average Bonchev–Trinajstić information content (AvgIpc) is 2.34. The highest BCUT2D eigenvalue weighted by Gasteiger charge is 2.05. The molecule has 0 heterocycles. The van der Waals surface area contributed by atoms with Crippen LogP contribution in [0.2, 0.25) is 0 Å². The van der Waals surface area contributed by atoms with Gasteiger partial charge in [0, 0.05) is 18.2 Å². The zero-order chi connectivity index (χ0) is 13.5. The van der Waals surface area contributed by atoms with Crippen LogP contribution >= 0.6 is 0 Å². The van der Waals surface area contributed by atoms with E-state index in [9.17, 15) is 4.79 Å². The Hall–Kier alpha value is -1.35. The fourth-order valence-corrected chi connectivity index (χ4v) is 1.94. The average molecular weight is 248 g/mol. The van der Waals surface area contributed by atoms with Crippen LogP contribution in [0.1, 0.15) is 54.6 Å². The summed E-state index contributed by atoms with van der Waals surface area (Å²) in [4.78, 5) is 11.1. The number of hydrogen-bond donors (Lipinski definition) is 2. The smallest absolute Gasteiger partial charge is 0.248 e. The summed E-state index contributed by atoms with van der Waals surface area (Å²) >= 11 is 0. The summed E-state index contributed by atoms with van der Waals surface area (Å²) in [5, 5.41) is 3.51. The van der Waals surface area contributed by atoms with Gasteiger partial charge in [0.2, 0.25) is 5.91 Å². The van der Waals surface area contributed by atoms with Gasteiger partial charge < -0.3 is 11.1 Å². The van der Waals surface area contributed by atoms with Crippen molar-refractivity contribution < 1.29 is 4.79 Å². The standard InChI is InChI=1S/C15H24N2O/c1-4-5-6-12(3)17-10-14-8-7-13(15(16)18)9-11(14)2/h7-9,12,17H,4-6,10H2,1-3H3,(H2,16,18). The van der Waals surface area contributed by atoms with Gasteiger partial charge >= 0.3 is 0 Å². The van der Waals surface area contributed by atoms with Gasteiger partial charge in [-0.25, -0.2) is 0 Å². The molecule has 0 bridgehead atoms. The van der Waals surface area contributed by atoms with Crippen LogP contribution in [-0.2, 0) is 6.54 Å². The van der Waals surface area contributed by atoms with Crippen LogP contribution < -0.4 is 11.1 Å². The van der Waals surface area contributed by atoms with E-state index in [-0.39, 0.29) is 5.91 Å². The van der Waals surface area contributed by atoms with Crippen LogP contribution in [0, 0.1) is 6.92 Å². The number of hydrogen-bond acceptors (Lipinski definition) is 2. The Labute approximate surface area is 110 Å². The number of nitrogens with one attached hydrogen (secondary N) is 1. The first-order valence-electron chi connectivity index (χ1n) is 6.67.